The summed E-state index contributed by atoms with van der Waals surface area (Å²) < 4.78 is 30.5. The average Bonchev–Trinajstić information content (AvgIpc) is 2.11. The van der Waals surface area contributed by atoms with Gasteiger partial charge in [-0.25, -0.2) is 9.13 Å². The zero-order chi connectivity index (χ0) is 15.3. The number of allylic oxidation sites excluding steroid dienone is 2. The van der Waals surface area contributed by atoms with Gasteiger partial charge < -0.3 is 14.7 Å². The van der Waals surface area contributed by atoms with Crippen LogP contribution in [0.2, 0.25) is 0 Å². The van der Waals surface area contributed by atoms with E-state index in [2.05, 4.69) is 10.9 Å². The second-order valence-electron chi connectivity index (χ2n) is 4.47. The summed E-state index contributed by atoms with van der Waals surface area (Å²) >= 11 is 0. The Labute approximate surface area is 112 Å². The van der Waals surface area contributed by atoms with Gasteiger partial charge in [0.05, 0.1) is 5.60 Å². The molecule has 0 aliphatic rings. The Balaban J connectivity index is 4.78. The largest absolute Gasteiger partial charge is 0.481 e. The third kappa shape index (κ3) is 9.30. The van der Waals surface area contributed by atoms with Gasteiger partial charge in [-0.15, -0.1) is 6.58 Å². The van der Waals surface area contributed by atoms with E-state index in [1.54, 1.807) is 0 Å². The maximum Gasteiger partial charge on any atom is 0.481 e. The molecule has 2 atom stereocenters. The van der Waals surface area contributed by atoms with Gasteiger partial charge in [0.25, 0.3) is 0 Å². The molecule has 0 aliphatic carbocycles. The standard InChI is InChI=1S/C10H20O7P2/c1-5-10(4,8-6-7-9(2)3)16-19(14,15)17-18(11,12)13/h5,7H,1,6,8H2,2-4H3,(H,14,15)(H2,11,12,13)/t10-/m1/s1. The topological polar surface area (TPSA) is 113 Å². The summed E-state index contributed by atoms with van der Waals surface area (Å²) in [5.74, 6) is 0. The molecule has 0 aromatic rings. The van der Waals surface area contributed by atoms with Gasteiger partial charge in [0, 0.05) is 0 Å². The first-order valence-electron chi connectivity index (χ1n) is 5.46. The lowest BCUT2D eigenvalue weighted by atomic mass is 10.00. The van der Waals surface area contributed by atoms with Crippen LogP contribution >= 0.6 is 15.6 Å². The van der Waals surface area contributed by atoms with Gasteiger partial charge in [-0.05, 0) is 33.6 Å². The van der Waals surface area contributed by atoms with E-state index in [4.69, 9.17) is 14.3 Å². The van der Waals surface area contributed by atoms with E-state index in [0.29, 0.717) is 12.8 Å². The quantitative estimate of drug-likeness (QED) is 0.466. The fourth-order valence-electron chi connectivity index (χ4n) is 1.25. The predicted octanol–water partition coefficient (Wildman–Crippen LogP) is 2.90. The summed E-state index contributed by atoms with van der Waals surface area (Å²) in [6.07, 6.45) is 4.06. The van der Waals surface area contributed by atoms with E-state index in [0.717, 1.165) is 5.57 Å². The first-order chi connectivity index (χ1) is 8.39. The van der Waals surface area contributed by atoms with Crippen LogP contribution in [-0.2, 0) is 18.0 Å². The van der Waals surface area contributed by atoms with Crippen molar-refractivity contribution in [2.24, 2.45) is 0 Å². The fourth-order valence-corrected chi connectivity index (χ4v) is 3.15. The fraction of sp³-hybridized carbons (Fsp3) is 0.600. The van der Waals surface area contributed by atoms with Gasteiger partial charge in [0.2, 0.25) is 0 Å². The molecule has 0 amide bonds. The molecule has 3 N–H and O–H groups in total. The number of phosphoric acid groups is 2. The molecule has 0 aromatic carbocycles. The third-order valence-electron chi connectivity index (χ3n) is 2.16. The molecule has 0 spiro atoms. The van der Waals surface area contributed by atoms with Crippen molar-refractivity contribution in [3.05, 3.63) is 24.3 Å². The van der Waals surface area contributed by atoms with Crippen LogP contribution in [-0.4, -0.2) is 20.3 Å². The SMILES string of the molecule is C=C[C@](C)(CCC=C(C)C)OP(=O)(O)OP(=O)(O)O. The van der Waals surface area contributed by atoms with Gasteiger partial charge >= 0.3 is 15.6 Å². The summed E-state index contributed by atoms with van der Waals surface area (Å²) in [5.41, 5.74) is -0.157. The molecule has 0 aliphatic heterocycles. The lowest BCUT2D eigenvalue weighted by Gasteiger charge is -2.27. The Hall–Kier alpha value is -0.260. The highest BCUT2D eigenvalue weighted by molar-refractivity contribution is 7.60. The zero-order valence-electron chi connectivity index (χ0n) is 11.1. The summed E-state index contributed by atoms with van der Waals surface area (Å²) in [6, 6.07) is 0. The van der Waals surface area contributed by atoms with Crippen LogP contribution in [0.25, 0.3) is 0 Å². The van der Waals surface area contributed by atoms with Crippen molar-refractivity contribution in [1.29, 1.82) is 0 Å². The maximum absolute atomic E-state index is 11.5. The molecular weight excluding hydrogens is 294 g/mol. The van der Waals surface area contributed by atoms with Crippen molar-refractivity contribution in [2.75, 3.05) is 0 Å². The average molecular weight is 314 g/mol. The molecule has 0 fully saturated rings. The van der Waals surface area contributed by atoms with Crippen molar-refractivity contribution in [3.8, 4) is 0 Å². The van der Waals surface area contributed by atoms with E-state index in [-0.39, 0.29) is 0 Å². The van der Waals surface area contributed by atoms with Crippen LogP contribution < -0.4 is 0 Å². The lowest BCUT2D eigenvalue weighted by molar-refractivity contribution is 0.0803. The Morgan fingerprint density at radius 3 is 2.21 bits per heavy atom. The molecule has 0 rings (SSSR count). The van der Waals surface area contributed by atoms with Crippen LogP contribution in [0.3, 0.4) is 0 Å². The van der Waals surface area contributed by atoms with Gasteiger partial charge in [-0.3, -0.25) is 4.52 Å². The number of hydrogen-bond donors (Lipinski definition) is 3. The molecule has 0 bridgehead atoms. The van der Waals surface area contributed by atoms with E-state index in [1.807, 2.05) is 19.9 Å². The van der Waals surface area contributed by atoms with Crippen LogP contribution in [0.1, 0.15) is 33.6 Å². The third-order valence-corrected chi connectivity index (χ3v) is 4.48. The van der Waals surface area contributed by atoms with Gasteiger partial charge in [-0.2, -0.15) is 4.31 Å². The Bertz CT molecular complexity index is 435. The van der Waals surface area contributed by atoms with Crippen molar-refractivity contribution in [3.63, 3.8) is 0 Å². The minimum absolute atomic E-state index is 0.316. The first-order valence-corrected chi connectivity index (χ1v) is 8.49. The highest BCUT2D eigenvalue weighted by Crippen LogP contribution is 2.59. The van der Waals surface area contributed by atoms with E-state index in [9.17, 15) is 14.0 Å². The van der Waals surface area contributed by atoms with E-state index >= 15 is 0 Å². The monoisotopic (exact) mass is 314 g/mol. The number of hydrogen-bond acceptors (Lipinski definition) is 4. The summed E-state index contributed by atoms with van der Waals surface area (Å²) in [4.78, 5) is 26.3. The molecule has 19 heavy (non-hydrogen) atoms. The second-order valence-corrected chi connectivity index (χ2v) is 7.22. The summed E-state index contributed by atoms with van der Waals surface area (Å²) in [6.45, 7) is 8.77. The highest BCUT2D eigenvalue weighted by Gasteiger charge is 2.38. The molecule has 112 valence electrons. The van der Waals surface area contributed by atoms with Gasteiger partial charge in [0.1, 0.15) is 0 Å². The normalized spacial score (nSPS) is 18.2. The Morgan fingerprint density at radius 1 is 1.32 bits per heavy atom. The van der Waals surface area contributed by atoms with Crippen molar-refractivity contribution < 1.29 is 32.6 Å². The molecule has 0 aromatic heterocycles. The molecule has 0 saturated heterocycles. The van der Waals surface area contributed by atoms with Crippen molar-refractivity contribution in [1.82, 2.24) is 0 Å². The molecule has 0 saturated carbocycles. The minimum Gasteiger partial charge on any atom is -0.302 e. The highest BCUT2D eigenvalue weighted by atomic mass is 31.3. The van der Waals surface area contributed by atoms with Crippen molar-refractivity contribution >= 4 is 15.6 Å². The second kappa shape index (κ2) is 6.95. The Kier molecular flexibility index (Phi) is 6.86. The van der Waals surface area contributed by atoms with Crippen LogP contribution in [0.15, 0.2) is 24.3 Å². The summed E-state index contributed by atoms with van der Waals surface area (Å²) in [7, 11) is -9.98. The number of rotatable bonds is 8. The van der Waals surface area contributed by atoms with E-state index in [1.165, 1.54) is 13.0 Å². The molecule has 0 heterocycles. The summed E-state index contributed by atoms with van der Waals surface area (Å²) in [5, 5.41) is 0. The molecule has 9 heteroatoms. The maximum atomic E-state index is 11.5. The Morgan fingerprint density at radius 2 is 1.84 bits per heavy atom. The van der Waals surface area contributed by atoms with Gasteiger partial charge in [0.15, 0.2) is 0 Å². The minimum atomic E-state index is -5.11. The molecule has 1 unspecified atom stereocenters. The number of phosphoric ester groups is 1. The van der Waals surface area contributed by atoms with Gasteiger partial charge in [-0.1, -0.05) is 17.7 Å². The smallest absolute Gasteiger partial charge is 0.302 e. The first kappa shape index (κ1) is 18.7. The van der Waals surface area contributed by atoms with E-state index < -0.39 is 21.2 Å². The molecule has 7 nitrogen and oxygen atoms in total. The van der Waals surface area contributed by atoms with Crippen LogP contribution in [0, 0.1) is 0 Å². The molecule has 0 radical (unpaired) electrons. The predicted molar refractivity (Wildman–Crippen MR) is 71.3 cm³/mol. The van der Waals surface area contributed by atoms with Crippen LogP contribution in [0.5, 0.6) is 0 Å². The van der Waals surface area contributed by atoms with Crippen molar-refractivity contribution in [2.45, 2.75) is 39.2 Å². The molecular formula is C10H20O7P2. The lowest BCUT2D eigenvalue weighted by Crippen LogP contribution is -2.24. The van der Waals surface area contributed by atoms with Crippen LogP contribution in [0.4, 0.5) is 0 Å². The zero-order valence-corrected chi connectivity index (χ0v) is 12.9.